The van der Waals surface area contributed by atoms with Crippen molar-refractivity contribution < 1.29 is 13.9 Å². The van der Waals surface area contributed by atoms with Crippen LogP contribution in [-0.2, 0) is 14.9 Å². The van der Waals surface area contributed by atoms with Crippen molar-refractivity contribution in [2.45, 2.75) is 63.9 Å². The van der Waals surface area contributed by atoms with Crippen LogP contribution in [-0.4, -0.2) is 56.2 Å². The zero-order valence-electron chi connectivity index (χ0n) is 23.1. The molecule has 0 aromatic heterocycles. The van der Waals surface area contributed by atoms with Crippen LogP contribution in [0, 0.1) is 30.5 Å². The molecule has 5 nitrogen and oxygen atoms in total. The van der Waals surface area contributed by atoms with Gasteiger partial charge in [0.15, 0.2) is 0 Å². The zero-order chi connectivity index (χ0) is 26.7. The van der Waals surface area contributed by atoms with Crippen LogP contribution >= 0.6 is 0 Å². The lowest BCUT2D eigenvalue weighted by Gasteiger charge is -2.50. The first-order chi connectivity index (χ1) is 18.4. The van der Waals surface area contributed by atoms with E-state index in [2.05, 4.69) is 41.0 Å². The average Bonchev–Trinajstić information content (AvgIpc) is 3.36. The maximum absolute atomic E-state index is 14.5. The number of piperidine rings is 1. The first-order valence-corrected chi connectivity index (χ1v) is 14.6. The number of hydrogen-bond donors (Lipinski definition) is 1. The number of carbonyl (C=O) groups excluding carboxylic acids is 1. The number of aryl methyl sites for hydroxylation is 1. The topological polar surface area (TPSA) is 58.8 Å². The highest BCUT2D eigenvalue weighted by Gasteiger charge is 2.52. The number of ether oxygens (including phenoxy) is 1. The summed E-state index contributed by atoms with van der Waals surface area (Å²) in [6.45, 7) is 9.85. The number of halogens is 1. The van der Waals surface area contributed by atoms with Gasteiger partial charge in [-0.1, -0.05) is 36.8 Å². The summed E-state index contributed by atoms with van der Waals surface area (Å²) in [4.78, 5) is 17.4. The lowest BCUT2D eigenvalue weighted by Crippen LogP contribution is -2.56. The van der Waals surface area contributed by atoms with Gasteiger partial charge in [0.05, 0.1) is 0 Å². The van der Waals surface area contributed by atoms with Gasteiger partial charge in [-0.2, -0.15) is 0 Å². The molecule has 2 saturated heterocycles. The highest BCUT2D eigenvalue weighted by atomic mass is 19.1. The molecule has 2 N–H and O–H groups in total. The van der Waals surface area contributed by atoms with Gasteiger partial charge in [-0.3, -0.25) is 4.79 Å². The quantitative estimate of drug-likeness (QED) is 0.454. The summed E-state index contributed by atoms with van der Waals surface area (Å²) in [5, 5.41) is 0. The number of likely N-dealkylation sites (tertiary alicyclic amines) is 1. The molecule has 0 unspecified atom stereocenters. The van der Waals surface area contributed by atoms with Gasteiger partial charge in [0.25, 0.3) is 0 Å². The zero-order valence-corrected chi connectivity index (χ0v) is 23.1. The predicted octanol–water partition coefficient (Wildman–Crippen LogP) is 5.30. The normalized spacial score (nSPS) is 24.7. The fourth-order valence-corrected chi connectivity index (χ4v) is 7.52. The molecule has 1 aliphatic carbocycles. The van der Waals surface area contributed by atoms with Crippen LogP contribution in [0.5, 0.6) is 0 Å². The Kier molecular flexibility index (Phi) is 8.39. The van der Waals surface area contributed by atoms with Crippen molar-refractivity contribution in [1.82, 2.24) is 4.90 Å². The Balaban J connectivity index is 1.27. The largest absolute Gasteiger partial charge is 0.462 e. The number of nitrogens with zero attached hydrogens (tertiary/aromatic N) is 2. The predicted molar refractivity (Wildman–Crippen MR) is 151 cm³/mol. The summed E-state index contributed by atoms with van der Waals surface area (Å²) in [7, 11) is 0. The van der Waals surface area contributed by atoms with Gasteiger partial charge in [-0.15, -0.1) is 0 Å². The molecule has 1 saturated carbocycles. The van der Waals surface area contributed by atoms with Gasteiger partial charge in [0.1, 0.15) is 11.9 Å². The summed E-state index contributed by atoms with van der Waals surface area (Å²) in [6, 6.07) is 15.9. The van der Waals surface area contributed by atoms with E-state index in [4.69, 9.17) is 10.5 Å². The number of nitrogens with two attached hydrogens (primary N) is 1. The molecular formula is C32H44FN3O2. The molecule has 3 fully saturated rings. The number of esters is 1. The van der Waals surface area contributed by atoms with Crippen molar-refractivity contribution in [3.8, 4) is 0 Å². The molecular weight excluding hydrogens is 477 g/mol. The molecule has 206 valence electrons. The molecule has 0 amide bonds. The SMILES string of the molecule is CCC(=O)O[C@H]1CCC[C@@H]1[C@@](CN)(c1cccc(F)c1)C1CCN(CC2CN(c3ccc(C)cc3)C2)CC1. The van der Waals surface area contributed by atoms with E-state index >= 15 is 0 Å². The molecule has 2 aromatic carbocycles. The van der Waals surface area contributed by atoms with E-state index < -0.39 is 0 Å². The minimum Gasteiger partial charge on any atom is -0.462 e. The molecule has 2 aromatic rings. The second kappa shape index (κ2) is 11.7. The number of hydrogen-bond acceptors (Lipinski definition) is 5. The molecule has 0 bridgehead atoms. The van der Waals surface area contributed by atoms with Crippen molar-refractivity contribution >= 4 is 11.7 Å². The van der Waals surface area contributed by atoms with Crippen LogP contribution in [0.4, 0.5) is 10.1 Å². The van der Waals surface area contributed by atoms with Crippen molar-refractivity contribution in [1.29, 1.82) is 0 Å². The van der Waals surface area contributed by atoms with Gasteiger partial charge in [-0.25, -0.2) is 4.39 Å². The molecule has 2 aliphatic heterocycles. The molecule has 0 radical (unpaired) electrons. The Morgan fingerprint density at radius 1 is 1.08 bits per heavy atom. The van der Waals surface area contributed by atoms with Crippen LogP contribution in [0.2, 0.25) is 0 Å². The number of anilines is 1. The van der Waals surface area contributed by atoms with E-state index in [9.17, 15) is 9.18 Å². The number of rotatable bonds is 9. The first kappa shape index (κ1) is 27.1. The molecule has 0 spiro atoms. The Labute approximate surface area is 227 Å². The lowest BCUT2D eigenvalue weighted by molar-refractivity contribution is -0.152. The van der Waals surface area contributed by atoms with E-state index in [1.807, 2.05) is 19.1 Å². The summed E-state index contributed by atoms with van der Waals surface area (Å²) in [6.07, 6.45) is 5.15. The summed E-state index contributed by atoms with van der Waals surface area (Å²) < 4.78 is 20.5. The maximum atomic E-state index is 14.5. The van der Waals surface area contributed by atoms with E-state index in [1.54, 1.807) is 6.07 Å². The molecule has 3 aliphatic rings. The molecule has 5 rings (SSSR count). The van der Waals surface area contributed by atoms with Crippen LogP contribution < -0.4 is 10.6 Å². The minimum absolute atomic E-state index is 0.121. The summed E-state index contributed by atoms with van der Waals surface area (Å²) in [5.41, 5.74) is 9.89. The average molecular weight is 522 g/mol. The second-order valence-corrected chi connectivity index (χ2v) is 11.9. The Morgan fingerprint density at radius 3 is 2.47 bits per heavy atom. The highest BCUT2D eigenvalue weighted by Crippen LogP contribution is 2.51. The molecule has 2 heterocycles. The third kappa shape index (κ3) is 5.48. The smallest absolute Gasteiger partial charge is 0.305 e. The standard InChI is InChI=1S/C32H44FN3O2/c1-3-31(37)38-30-9-5-8-29(30)32(22-34,26-6-4-7-27(33)18-26)25-14-16-35(17-15-25)19-24-20-36(21-24)28-12-10-23(2)11-13-28/h4,6-7,10-13,18,24-25,29-30H,3,5,8-9,14-17,19-22,34H2,1-2H3/t29-,30-,32+/m0/s1. The maximum Gasteiger partial charge on any atom is 0.305 e. The van der Waals surface area contributed by atoms with E-state index in [0.29, 0.717) is 24.8 Å². The van der Waals surface area contributed by atoms with Gasteiger partial charge < -0.3 is 20.3 Å². The van der Waals surface area contributed by atoms with Crippen LogP contribution in [0.15, 0.2) is 48.5 Å². The van der Waals surface area contributed by atoms with Crippen molar-refractivity contribution in [3.63, 3.8) is 0 Å². The minimum atomic E-state index is -0.387. The van der Waals surface area contributed by atoms with Crippen LogP contribution in [0.3, 0.4) is 0 Å². The molecule has 38 heavy (non-hydrogen) atoms. The van der Waals surface area contributed by atoms with Gasteiger partial charge >= 0.3 is 5.97 Å². The molecule has 6 heteroatoms. The van der Waals surface area contributed by atoms with E-state index in [-0.39, 0.29) is 29.2 Å². The van der Waals surface area contributed by atoms with Crippen LogP contribution in [0.25, 0.3) is 0 Å². The third-order valence-electron chi connectivity index (χ3n) is 9.57. The summed E-state index contributed by atoms with van der Waals surface area (Å²) in [5.74, 6) is 0.781. The van der Waals surface area contributed by atoms with Gasteiger partial charge in [0, 0.05) is 55.5 Å². The molecule has 3 atom stereocenters. The van der Waals surface area contributed by atoms with Crippen molar-refractivity contribution in [2.75, 3.05) is 44.2 Å². The highest BCUT2D eigenvalue weighted by molar-refractivity contribution is 5.69. The van der Waals surface area contributed by atoms with E-state index in [1.165, 1.54) is 17.3 Å². The van der Waals surface area contributed by atoms with Crippen molar-refractivity contribution in [2.24, 2.45) is 23.5 Å². The Morgan fingerprint density at radius 2 is 1.82 bits per heavy atom. The second-order valence-electron chi connectivity index (χ2n) is 11.9. The van der Waals surface area contributed by atoms with Crippen molar-refractivity contribution in [3.05, 3.63) is 65.5 Å². The first-order valence-electron chi connectivity index (χ1n) is 14.6. The summed E-state index contributed by atoms with van der Waals surface area (Å²) >= 11 is 0. The van der Waals surface area contributed by atoms with Crippen LogP contribution in [0.1, 0.15) is 56.6 Å². The number of benzene rings is 2. The lowest BCUT2D eigenvalue weighted by atomic mass is 9.58. The Hall–Kier alpha value is -2.44. The Bertz CT molecular complexity index is 1080. The van der Waals surface area contributed by atoms with E-state index in [0.717, 1.165) is 70.4 Å². The third-order valence-corrected chi connectivity index (χ3v) is 9.57. The monoisotopic (exact) mass is 521 g/mol. The number of carbonyl (C=O) groups is 1. The van der Waals surface area contributed by atoms with Gasteiger partial charge in [-0.05, 0) is 87.9 Å². The fourth-order valence-electron chi connectivity index (χ4n) is 7.52. The fraction of sp³-hybridized carbons (Fsp3) is 0.594. The van der Waals surface area contributed by atoms with Gasteiger partial charge in [0.2, 0.25) is 0 Å².